The van der Waals surface area contributed by atoms with Crippen LogP contribution in [0.25, 0.3) is 10.9 Å². The summed E-state index contributed by atoms with van der Waals surface area (Å²) in [4.78, 5) is 23.8. The number of pyridine rings is 1. The number of carboxylic acid groups (broad SMARTS) is 1. The minimum atomic E-state index is -1.17. The van der Waals surface area contributed by atoms with Crippen molar-refractivity contribution in [2.75, 3.05) is 6.61 Å². The maximum atomic E-state index is 12.5. The summed E-state index contributed by atoms with van der Waals surface area (Å²) in [5.41, 5.74) is 1.94. The predicted molar refractivity (Wildman–Crippen MR) is 77.3 cm³/mol. The molecule has 5 nitrogen and oxygen atoms in total. The lowest BCUT2D eigenvalue weighted by Gasteiger charge is -2.30. The van der Waals surface area contributed by atoms with Gasteiger partial charge in [-0.3, -0.25) is 4.79 Å². The van der Waals surface area contributed by atoms with Crippen molar-refractivity contribution in [2.45, 2.75) is 32.2 Å². The molecule has 0 unspecified atom stereocenters. The Labute approximate surface area is 120 Å². The highest BCUT2D eigenvalue weighted by Gasteiger charge is 2.49. The maximum Gasteiger partial charge on any atom is 0.341 e. The van der Waals surface area contributed by atoms with Crippen LogP contribution in [0.1, 0.15) is 34.3 Å². The molecule has 0 saturated heterocycles. The summed E-state index contributed by atoms with van der Waals surface area (Å²) in [5.74, 6) is -0.454. The molecule has 1 spiro atoms. The zero-order valence-corrected chi connectivity index (χ0v) is 11.9. The van der Waals surface area contributed by atoms with Gasteiger partial charge < -0.3 is 14.4 Å². The fourth-order valence-electron chi connectivity index (χ4n) is 3.19. The van der Waals surface area contributed by atoms with Gasteiger partial charge in [0.15, 0.2) is 0 Å². The molecule has 0 bridgehead atoms. The fraction of sp³-hybridized carbons (Fsp3) is 0.375. The summed E-state index contributed by atoms with van der Waals surface area (Å²) in [6, 6.07) is 1.78. The van der Waals surface area contributed by atoms with Crippen LogP contribution in [0.2, 0.25) is 0 Å². The lowest BCUT2D eigenvalue weighted by molar-refractivity contribution is 0.0694. The standard InChI is InChI=1S/C16H15NO4/c1-8-5-10-12-14(9(8)2)21-7-16(3-4-16)17(12)6-11(13(10)18)15(19)20/h5-6H,3-4,7H2,1-2H3,(H,19,20). The fourth-order valence-corrected chi connectivity index (χ4v) is 3.19. The highest BCUT2D eigenvalue weighted by atomic mass is 16.5. The summed E-state index contributed by atoms with van der Waals surface area (Å²) in [6.45, 7) is 4.42. The van der Waals surface area contributed by atoms with E-state index in [4.69, 9.17) is 4.74 Å². The Hall–Kier alpha value is -2.30. The quantitative estimate of drug-likeness (QED) is 0.872. The molecule has 0 radical (unpaired) electrons. The van der Waals surface area contributed by atoms with E-state index in [1.165, 1.54) is 6.20 Å². The van der Waals surface area contributed by atoms with E-state index < -0.39 is 11.4 Å². The van der Waals surface area contributed by atoms with Crippen molar-refractivity contribution in [3.63, 3.8) is 0 Å². The van der Waals surface area contributed by atoms with Gasteiger partial charge in [-0.15, -0.1) is 0 Å². The number of benzene rings is 1. The van der Waals surface area contributed by atoms with E-state index in [-0.39, 0.29) is 11.1 Å². The molecule has 1 aliphatic carbocycles. The van der Waals surface area contributed by atoms with Gasteiger partial charge in [-0.05, 0) is 43.9 Å². The smallest absolute Gasteiger partial charge is 0.341 e. The van der Waals surface area contributed by atoms with Crippen molar-refractivity contribution in [3.8, 4) is 5.75 Å². The number of nitrogens with zero attached hydrogens (tertiary/aromatic N) is 1. The van der Waals surface area contributed by atoms with Gasteiger partial charge in [0.25, 0.3) is 0 Å². The lowest BCUT2D eigenvalue weighted by Crippen LogP contribution is -2.33. The highest BCUT2D eigenvalue weighted by molar-refractivity contribution is 5.95. The average molecular weight is 285 g/mol. The number of aryl methyl sites for hydroxylation is 1. The monoisotopic (exact) mass is 285 g/mol. The van der Waals surface area contributed by atoms with Gasteiger partial charge in [-0.1, -0.05) is 0 Å². The second-order valence-corrected chi connectivity index (χ2v) is 6.10. The van der Waals surface area contributed by atoms with E-state index in [2.05, 4.69) is 0 Å². The zero-order valence-electron chi connectivity index (χ0n) is 11.9. The van der Waals surface area contributed by atoms with Crippen LogP contribution in [-0.2, 0) is 5.54 Å². The molecular formula is C16H15NO4. The highest BCUT2D eigenvalue weighted by Crippen LogP contribution is 2.50. The lowest BCUT2D eigenvalue weighted by atomic mass is 10.00. The molecule has 5 heteroatoms. The largest absolute Gasteiger partial charge is 0.489 e. The average Bonchev–Trinajstić information content (AvgIpc) is 3.20. The number of carboxylic acids is 1. The van der Waals surface area contributed by atoms with E-state index in [1.807, 2.05) is 18.4 Å². The van der Waals surface area contributed by atoms with Crippen molar-refractivity contribution in [1.29, 1.82) is 0 Å². The van der Waals surface area contributed by atoms with E-state index in [9.17, 15) is 14.7 Å². The summed E-state index contributed by atoms with van der Waals surface area (Å²) in [5, 5.41) is 9.75. The molecule has 0 amide bonds. The molecule has 1 N–H and O–H groups in total. The number of aromatic carboxylic acids is 1. The molecule has 21 heavy (non-hydrogen) atoms. The first-order valence-electron chi connectivity index (χ1n) is 7.01. The van der Waals surface area contributed by atoms with Gasteiger partial charge in [-0.2, -0.15) is 0 Å². The predicted octanol–water partition coefficient (Wildman–Crippen LogP) is 2.20. The van der Waals surface area contributed by atoms with Crippen LogP contribution in [0.3, 0.4) is 0 Å². The van der Waals surface area contributed by atoms with Gasteiger partial charge in [-0.25, -0.2) is 4.79 Å². The number of rotatable bonds is 1. The Morgan fingerprint density at radius 1 is 1.38 bits per heavy atom. The van der Waals surface area contributed by atoms with Crippen molar-refractivity contribution in [2.24, 2.45) is 0 Å². The minimum absolute atomic E-state index is 0.162. The molecule has 1 fully saturated rings. The summed E-state index contributed by atoms with van der Waals surface area (Å²) in [6.07, 6.45) is 3.41. The molecule has 0 atom stereocenters. The SMILES string of the molecule is Cc1cc2c(=O)c(C(=O)O)cn3c2c(c1C)OCC31CC1. The molecule has 2 aromatic rings. The van der Waals surface area contributed by atoms with Gasteiger partial charge in [0.05, 0.1) is 16.4 Å². The summed E-state index contributed by atoms with van der Waals surface area (Å²) < 4.78 is 7.90. The third-order valence-electron chi connectivity index (χ3n) is 4.81. The molecule has 1 saturated carbocycles. The number of carbonyl (C=O) groups is 1. The second-order valence-electron chi connectivity index (χ2n) is 6.10. The Bertz CT molecular complexity index is 874. The second kappa shape index (κ2) is 3.67. The number of ether oxygens (including phenoxy) is 1. The first-order valence-corrected chi connectivity index (χ1v) is 7.01. The Kier molecular flexibility index (Phi) is 2.17. The van der Waals surface area contributed by atoms with Crippen LogP contribution >= 0.6 is 0 Å². The molecule has 1 aromatic heterocycles. The molecule has 1 aromatic carbocycles. The van der Waals surface area contributed by atoms with Crippen LogP contribution in [0.15, 0.2) is 17.1 Å². The third kappa shape index (κ3) is 1.46. The Balaban J connectivity index is 2.24. The molecule has 4 rings (SSSR count). The van der Waals surface area contributed by atoms with Crippen LogP contribution in [-0.4, -0.2) is 22.2 Å². The van der Waals surface area contributed by atoms with Crippen LogP contribution in [0, 0.1) is 13.8 Å². The summed E-state index contributed by atoms with van der Waals surface area (Å²) in [7, 11) is 0. The summed E-state index contributed by atoms with van der Waals surface area (Å²) >= 11 is 0. The van der Waals surface area contributed by atoms with Gasteiger partial charge >= 0.3 is 5.97 Å². The van der Waals surface area contributed by atoms with Gasteiger partial charge in [0, 0.05) is 6.20 Å². The zero-order chi connectivity index (χ0) is 14.9. The van der Waals surface area contributed by atoms with E-state index in [0.29, 0.717) is 12.0 Å². The number of aromatic nitrogens is 1. The van der Waals surface area contributed by atoms with E-state index in [0.717, 1.165) is 35.2 Å². The molecular weight excluding hydrogens is 270 g/mol. The molecule has 1 aliphatic heterocycles. The normalized spacial score (nSPS) is 17.8. The first-order chi connectivity index (χ1) is 9.94. The minimum Gasteiger partial charge on any atom is -0.489 e. The van der Waals surface area contributed by atoms with Crippen molar-refractivity contribution in [1.82, 2.24) is 4.57 Å². The van der Waals surface area contributed by atoms with Crippen LogP contribution < -0.4 is 10.2 Å². The molecule has 108 valence electrons. The number of hydrogen-bond donors (Lipinski definition) is 1. The van der Waals surface area contributed by atoms with Crippen molar-refractivity contribution < 1.29 is 14.6 Å². The van der Waals surface area contributed by atoms with Gasteiger partial charge in [0.1, 0.15) is 17.9 Å². The Morgan fingerprint density at radius 3 is 2.71 bits per heavy atom. The topological polar surface area (TPSA) is 68.5 Å². The van der Waals surface area contributed by atoms with Crippen molar-refractivity contribution >= 4 is 16.9 Å². The first kappa shape index (κ1) is 12.4. The number of hydrogen-bond acceptors (Lipinski definition) is 3. The number of fused-ring (bicyclic) bond motifs is 1. The Morgan fingerprint density at radius 2 is 2.10 bits per heavy atom. The van der Waals surface area contributed by atoms with Crippen LogP contribution in [0.4, 0.5) is 0 Å². The van der Waals surface area contributed by atoms with Crippen LogP contribution in [0.5, 0.6) is 5.75 Å². The van der Waals surface area contributed by atoms with E-state index >= 15 is 0 Å². The van der Waals surface area contributed by atoms with Crippen molar-refractivity contribution in [3.05, 3.63) is 39.2 Å². The van der Waals surface area contributed by atoms with E-state index in [1.54, 1.807) is 6.07 Å². The molecule has 2 heterocycles. The molecule has 2 aliphatic rings. The third-order valence-corrected chi connectivity index (χ3v) is 4.81. The maximum absolute atomic E-state index is 12.5. The van der Waals surface area contributed by atoms with Gasteiger partial charge in [0.2, 0.25) is 5.43 Å².